The van der Waals surface area contributed by atoms with Crippen molar-refractivity contribution in [3.05, 3.63) is 53.6 Å². The van der Waals surface area contributed by atoms with Gasteiger partial charge in [0.25, 0.3) is 0 Å². The Bertz CT molecular complexity index is 629. The van der Waals surface area contributed by atoms with Gasteiger partial charge >= 0.3 is 0 Å². The second-order valence-corrected chi connectivity index (χ2v) is 5.23. The van der Waals surface area contributed by atoms with Crippen molar-refractivity contribution in [3.8, 4) is 5.75 Å². The van der Waals surface area contributed by atoms with Crippen LogP contribution in [0.1, 0.15) is 15.9 Å². The number of hydrogen-bond acceptors (Lipinski definition) is 4. The number of para-hydroxylation sites is 1. The fourth-order valence-electron chi connectivity index (χ4n) is 1.77. The molecule has 0 fully saturated rings. The number of primary amides is 1. The van der Waals surface area contributed by atoms with Crippen LogP contribution in [0.3, 0.4) is 0 Å². The number of amides is 1. The maximum Gasteiger partial charge on any atom is 0.248 e. The summed E-state index contributed by atoms with van der Waals surface area (Å²) in [6.07, 6.45) is 0. The molecule has 20 heavy (non-hydrogen) atoms. The van der Waals surface area contributed by atoms with Gasteiger partial charge in [0, 0.05) is 21.9 Å². The highest BCUT2D eigenvalue weighted by molar-refractivity contribution is 7.98. The summed E-state index contributed by atoms with van der Waals surface area (Å²) in [6.45, 7) is 0. The van der Waals surface area contributed by atoms with Crippen LogP contribution in [0.4, 0.5) is 5.69 Å². The van der Waals surface area contributed by atoms with Gasteiger partial charge in [-0.15, -0.1) is 11.8 Å². The lowest BCUT2D eigenvalue weighted by Crippen LogP contribution is -2.11. The smallest absolute Gasteiger partial charge is 0.248 e. The van der Waals surface area contributed by atoms with Crippen molar-refractivity contribution in [1.82, 2.24) is 0 Å². The molecular weight excluding hydrogens is 272 g/mol. The Morgan fingerprint density at radius 1 is 1.25 bits per heavy atom. The third kappa shape index (κ3) is 3.24. The van der Waals surface area contributed by atoms with E-state index in [1.54, 1.807) is 31.0 Å². The number of nitrogens with two attached hydrogens (primary N) is 2. The SMILES string of the molecule is COc1ccccc1SCc1ccc(C(N)=O)cc1N. The zero-order valence-corrected chi connectivity index (χ0v) is 11.9. The van der Waals surface area contributed by atoms with Crippen molar-refractivity contribution in [1.29, 1.82) is 0 Å². The number of benzene rings is 2. The molecule has 2 aromatic rings. The molecule has 5 heteroatoms. The summed E-state index contributed by atoms with van der Waals surface area (Å²) >= 11 is 1.63. The van der Waals surface area contributed by atoms with E-state index in [2.05, 4.69) is 0 Å². The molecule has 1 amide bonds. The highest BCUT2D eigenvalue weighted by Crippen LogP contribution is 2.32. The van der Waals surface area contributed by atoms with Gasteiger partial charge in [-0.1, -0.05) is 18.2 Å². The molecule has 0 saturated carbocycles. The molecule has 0 spiro atoms. The van der Waals surface area contributed by atoms with E-state index in [-0.39, 0.29) is 0 Å². The Morgan fingerprint density at radius 2 is 2.00 bits per heavy atom. The molecule has 0 radical (unpaired) electrons. The van der Waals surface area contributed by atoms with Gasteiger partial charge in [0.05, 0.1) is 7.11 Å². The van der Waals surface area contributed by atoms with Gasteiger partial charge in [-0.05, 0) is 29.8 Å². The molecule has 0 atom stereocenters. The number of nitrogen functional groups attached to an aromatic ring is 1. The van der Waals surface area contributed by atoms with Crippen molar-refractivity contribution in [2.24, 2.45) is 5.73 Å². The monoisotopic (exact) mass is 288 g/mol. The van der Waals surface area contributed by atoms with E-state index in [9.17, 15) is 4.79 Å². The number of methoxy groups -OCH3 is 1. The van der Waals surface area contributed by atoms with Crippen LogP contribution in [0, 0.1) is 0 Å². The summed E-state index contributed by atoms with van der Waals surface area (Å²) in [4.78, 5) is 12.1. The average Bonchev–Trinajstić information content (AvgIpc) is 2.46. The van der Waals surface area contributed by atoms with Crippen LogP contribution in [-0.4, -0.2) is 13.0 Å². The van der Waals surface area contributed by atoms with Crippen LogP contribution >= 0.6 is 11.8 Å². The Kier molecular flexibility index (Phi) is 4.53. The Balaban J connectivity index is 2.13. The number of hydrogen-bond donors (Lipinski definition) is 2. The molecule has 4 N–H and O–H groups in total. The molecule has 0 bridgehead atoms. The summed E-state index contributed by atoms with van der Waals surface area (Å²) in [7, 11) is 1.65. The second kappa shape index (κ2) is 6.34. The summed E-state index contributed by atoms with van der Waals surface area (Å²) in [6, 6.07) is 12.9. The minimum Gasteiger partial charge on any atom is -0.496 e. The highest BCUT2D eigenvalue weighted by Gasteiger charge is 2.07. The van der Waals surface area contributed by atoms with Gasteiger partial charge in [0.1, 0.15) is 5.75 Å². The van der Waals surface area contributed by atoms with Crippen molar-refractivity contribution >= 4 is 23.4 Å². The van der Waals surface area contributed by atoms with E-state index in [1.165, 1.54) is 0 Å². The lowest BCUT2D eigenvalue weighted by molar-refractivity contribution is 0.100. The molecule has 2 rings (SSSR count). The predicted molar refractivity (Wildman–Crippen MR) is 81.9 cm³/mol. The van der Waals surface area contributed by atoms with E-state index in [1.807, 2.05) is 30.3 Å². The molecule has 2 aromatic carbocycles. The minimum atomic E-state index is -0.472. The van der Waals surface area contributed by atoms with Gasteiger partial charge in [0.2, 0.25) is 5.91 Å². The van der Waals surface area contributed by atoms with E-state index < -0.39 is 5.91 Å². The first kappa shape index (κ1) is 14.3. The first-order chi connectivity index (χ1) is 9.61. The van der Waals surface area contributed by atoms with Crippen molar-refractivity contribution < 1.29 is 9.53 Å². The number of anilines is 1. The molecule has 0 aliphatic heterocycles. The fourth-order valence-corrected chi connectivity index (χ4v) is 2.82. The van der Waals surface area contributed by atoms with Gasteiger partial charge in [-0.25, -0.2) is 0 Å². The Hall–Kier alpha value is -2.14. The zero-order valence-electron chi connectivity index (χ0n) is 11.1. The molecular formula is C15H16N2O2S. The van der Waals surface area contributed by atoms with Crippen LogP contribution in [0.25, 0.3) is 0 Å². The van der Waals surface area contributed by atoms with Crippen LogP contribution in [0.2, 0.25) is 0 Å². The van der Waals surface area contributed by atoms with E-state index in [0.29, 0.717) is 17.0 Å². The summed E-state index contributed by atoms with van der Waals surface area (Å²) in [5.41, 5.74) is 13.1. The average molecular weight is 288 g/mol. The van der Waals surface area contributed by atoms with Crippen LogP contribution < -0.4 is 16.2 Å². The maximum absolute atomic E-state index is 11.1. The molecule has 0 aliphatic carbocycles. The van der Waals surface area contributed by atoms with Crippen molar-refractivity contribution in [2.75, 3.05) is 12.8 Å². The van der Waals surface area contributed by atoms with Gasteiger partial charge in [0.15, 0.2) is 0 Å². The summed E-state index contributed by atoms with van der Waals surface area (Å²) in [5, 5.41) is 0. The first-order valence-electron chi connectivity index (χ1n) is 6.06. The Labute approximate surface area is 122 Å². The quantitative estimate of drug-likeness (QED) is 0.655. The van der Waals surface area contributed by atoms with E-state index >= 15 is 0 Å². The van der Waals surface area contributed by atoms with Gasteiger partial charge < -0.3 is 16.2 Å². The predicted octanol–water partition coefficient (Wildman–Crippen LogP) is 2.67. The van der Waals surface area contributed by atoms with Crippen molar-refractivity contribution in [2.45, 2.75) is 10.6 Å². The number of ether oxygens (including phenoxy) is 1. The van der Waals surface area contributed by atoms with Crippen LogP contribution in [0.5, 0.6) is 5.75 Å². The molecule has 4 nitrogen and oxygen atoms in total. The highest BCUT2D eigenvalue weighted by atomic mass is 32.2. The molecule has 0 unspecified atom stereocenters. The fraction of sp³-hybridized carbons (Fsp3) is 0.133. The van der Waals surface area contributed by atoms with Gasteiger partial charge in [-0.2, -0.15) is 0 Å². The number of thioether (sulfide) groups is 1. The largest absolute Gasteiger partial charge is 0.496 e. The third-order valence-corrected chi connectivity index (χ3v) is 3.99. The molecule has 0 aromatic heterocycles. The zero-order chi connectivity index (χ0) is 14.5. The normalized spacial score (nSPS) is 10.2. The van der Waals surface area contributed by atoms with Gasteiger partial charge in [-0.3, -0.25) is 4.79 Å². The van der Waals surface area contributed by atoms with E-state index in [4.69, 9.17) is 16.2 Å². The number of rotatable bonds is 5. The standard InChI is InChI=1S/C15H16N2O2S/c1-19-13-4-2-3-5-14(13)20-9-11-7-6-10(15(17)18)8-12(11)16/h2-8H,9,16H2,1H3,(H2,17,18). The summed E-state index contributed by atoms with van der Waals surface area (Å²) in [5.74, 6) is 1.07. The number of carbonyl (C=O) groups excluding carboxylic acids is 1. The molecule has 0 saturated heterocycles. The van der Waals surface area contributed by atoms with Crippen LogP contribution in [0.15, 0.2) is 47.4 Å². The van der Waals surface area contributed by atoms with Crippen molar-refractivity contribution in [3.63, 3.8) is 0 Å². The lowest BCUT2D eigenvalue weighted by Gasteiger charge is -2.09. The molecule has 104 valence electrons. The van der Waals surface area contributed by atoms with E-state index in [0.717, 1.165) is 16.2 Å². The molecule has 0 aliphatic rings. The van der Waals surface area contributed by atoms with Crippen LogP contribution in [-0.2, 0) is 5.75 Å². The molecule has 0 heterocycles. The number of carbonyl (C=O) groups is 1. The first-order valence-corrected chi connectivity index (χ1v) is 7.04. The lowest BCUT2D eigenvalue weighted by atomic mass is 10.1. The Morgan fingerprint density at radius 3 is 2.65 bits per heavy atom. The third-order valence-electron chi connectivity index (χ3n) is 2.88. The summed E-state index contributed by atoms with van der Waals surface area (Å²) < 4.78 is 5.30. The topological polar surface area (TPSA) is 78.3 Å². The second-order valence-electron chi connectivity index (χ2n) is 4.22. The minimum absolute atomic E-state index is 0.425. The maximum atomic E-state index is 11.1.